The molecule has 218 valence electrons. The normalized spacial score (nSPS) is 15.2. The highest BCUT2D eigenvalue weighted by Gasteiger charge is 2.29. The number of nitrogens with zero attached hydrogens (tertiary/aromatic N) is 6. The second-order valence-corrected chi connectivity index (χ2v) is 11.5. The molecule has 1 fully saturated rings. The van der Waals surface area contributed by atoms with Crippen LogP contribution in [0.15, 0.2) is 30.5 Å². The summed E-state index contributed by atoms with van der Waals surface area (Å²) in [5, 5.41) is 20.7. The minimum atomic E-state index is -1.03. The number of hydrogen-bond acceptors (Lipinski definition) is 9. The molecule has 0 unspecified atom stereocenters. The number of carbonyl (C=O) groups excluding carboxylic acids is 1. The first-order valence-electron chi connectivity index (χ1n) is 14.0. The van der Waals surface area contributed by atoms with Gasteiger partial charge in [-0.25, -0.2) is 19.6 Å². The maximum atomic E-state index is 12.2. The molecule has 12 heteroatoms. The van der Waals surface area contributed by atoms with Crippen LogP contribution in [0.5, 0.6) is 0 Å². The van der Waals surface area contributed by atoms with Gasteiger partial charge in [-0.2, -0.15) is 5.10 Å². The number of carboxylic acids is 1. The van der Waals surface area contributed by atoms with Crippen molar-refractivity contribution in [3.8, 4) is 11.4 Å². The molecule has 1 aliphatic heterocycles. The standard InChI is InChI=1S/C29H38N8O4/c1-29(2,3)41-28(40)30-12-5-13-37-25(26(38)39)22-11-6-19-18-31-27(33-23(19)24(22)34-37)32-20-7-9-21(10-8-20)36-16-14-35(4)15-17-36/h7-10,18H,5-6,11-17H2,1-4H3,(H,30,40)(H,38,39)(H,31,32,33). The van der Waals surface area contributed by atoms with Gasteiger partial charge in [-0.1, -0.05) is 0 Å². The number of fused-ring (bicyclic) bond motifs is 3. The predicted octanol–water partition coefficient (Wildman–Crippen LogP) is 3.55. The number of benzene rings is 1. The van der Waals surface area contributed by atoms with Gasteiger partial charge >= 0.3 is 12.1 Å². The fraction of sp³-hybridized carbons (Fsp3) is 0.483. The molecule has 1 saturated heterocycles. The smallest absolute Gasteiger partial charge is 0.407 e. The van der Waals surface area contributed by atoms with Gasteiger partial charge in [0.2, 0.25) is 5.95 Å². The Bertz CT molecular complexity index is 1410. The molecule has 0 saturated carbocycles. The molecule has 1 aliphatic carbocycles. The van der Waals surface area contributed by atoms with E-state index in [1.807, 2.05) is 12.1 Å². The molecular weight excluding hydrogens is 524 g/mol. The Morgan fingerprint density at radius 1 is 1.05 bits per heavy atom. The number of aromatic nitrogens is 4. The SMILES string of the molecule is CN1CCN(c2ccc(Nc3ncc4c(n3)-c3nn(CCCNC(=O)OC(C)(C)C)c(C(=O)O)c3CC4)cc2)CC1. The first kappa shape index (κ1) is 28.3. The van der Waals surface area contributed by atoms with Crippen LogP contribution >= 0.6 is 0 Å². The molecule has 3 heterocycles. The van der Waals surface area contributed by atoms with Gasteiger partial charge in [0.1, 0.15) is 17.0 Å². The number of hydrogen-bond donors (Lipinski definition) is 3. The number of nitrogens with one attached hydrogen (secondary N) is 2. The van der Waals surface area contributed by atoms with E-state index in [1.165, 1.54) is 10.4 Å². The van der Waals surface area contributed by atoms with Crippen LogP contribution < -0.4 is 15.5 Å². The Labute approximate surface area is 239 Å². The second kappa shape index (κ2) is 11.7. The van der Waals surface area contributed by atoms with Crippen LogP contribution in [0.2, 0.25) is 0 Å². The molecule has 1 aromatic carbocycles. The molecule has 12 nitrogen and oxygen atoms in total. The maximum Gasteiger partial charge on any atom is 0.407 e. The van der Waals surface area contributed by atoms with Crippen LogP contribution in [0.1, 0.15) is 48.8 Å². The quantitative estimate of drug-likeness (QED) is 0.350. The third-order valence-electron chi connectivity index (χ3n) is 7.19. The van der Waals surface area contributed by atoms with Gasteiger partial charge in [0.25, 0.3) is 0 Å². The lowest BCUT2D eigenvalue weighted by molar-refractivity contribution is 0.0524. The van der Waals surface area contributed by atoms with Gasteiger partial charge in [-0.15, -0.1) is 0 Å². The first-order valence-corrected chi connectivity index (χ1v) is 14.0. The van der Waals surface area contributed by atoms with Gasteiger partial charge in [0, 0.05) is 62.4 Å². The van der Waals surface area contributed by atoms with Crippen LogP contribution in [0.3, 0.4) is 0 Å². The Hall–Kier alpha value is -4.19. The van der Waals surface area contributed by atoms with Crippen molar-refractivity contribution >= 4 is 29.4 Å². The lowest BCUT2D eigenvalue weighted by Gasteiger charge is -2.34. The number of carboxylic acid groups (broad SMARTS) is 1. The second-order valence-electron chi connectivity index (χ2n) is 11.5. The van der Waals surface area contributed by atoms with Crippen LogP contribution in [0.25, 0.3) is 11.4 Å². The molecule has 2 aromatic heterocycles. The summed E-state index contributed by atoms with van der Waals surface area (Å²) in [7, 11) is 2.14. The molecule has 0 atom stereocenters. The van der Waals surface area contributed by atoms with Gasteiger partial charge in [0.05, 0.1) is 5.69 Å². The van der Waals surface area contributed by atoms with Crippen molar-refractivity contribution in [2.24, 2.45) is 0 Å². The minimum absolute atomic E-state index is 0.163. The lowest BCUT2D eigenvalue weighted by atomic mass is 9.93. The molecule has 0 spiro atoms. The van der Waals surface area contributed by atoms with Crippen molar-refractivity contribution in [3.05, 3.63) is 47.3 Å². The molecule has 2 aliphatic rings. The summed E-state index contributed by atoms with van der Waals surface area (Å²) in [5.74, 6) is -0.605. The number of anilines is 3. The molecule has 5 rings (SSSR count). The van der Waals surface area contributed by atoms with E-state index in [2.05, 4.69) is 49.7 Å². The van der Waals surface area contributed by atoms with E-state index in [0.717, 1.165) is 37.4 Å². The average Bonchev–Trinajstić information content (AvgIpc) is 3.30. The number of aryl methyl sites for hydroxylation is 2. The van der Waals surface area contributed by atoms with E-state index in [4.69, 9.17) is 9.72 Å². The number of alkyl carbamates (subject to hydrolysis) is 1. The molecule has 3 aromatic rings. The van der Waals surface area contributed by atoms with Gasteiger partial charge in [-0.05, 0) is 76.9 Å². The minimum Gasteiger partial charge on any atom is -0.477 e. The first-order chi connectivity index (χ1) is 19.6. The summed E-state index contributed by atoms with van der Waals surface area (Å²) in [5.41, 5.74) is 4.45. The molecular formula is C29H38N8O4. The van der Waals surface area contributed by atoms with Crippen LogP contribution in [-0.4, -0.2) is 87.2 Å². The van der Waals surface area contributed by atoms with E-state index in [1.54, 1.807) is 27.0 Å². The molecule has 0 radical (unpaired) electrons. The number of likely N-dealkylation sites (N-methyl/N-ethyl adjacent to an activating group) is 1. The number of piperazine rings is 1. The van der Waals surface area contributed by atoms with E-state index in [9.17, 15) is 14.7 Å². The molecule has 0 bridgehead atoms. The largest absolute Gasteiger partial charge is 0.477 e. The van der Waals surface area contributed by atoms with Gasteiger partial charge < -0.3 is 30.3 Å². The number of rotatable bonds is 8. The number of aromatic carboxylic acids is 1. The summed E-state index contributed by atoms with van der Waals surface area (Å²) in [6.07, 6.45) is 2.96. The van der Waals surface area contributed by atoms with Crippen molar-refractivity contribution < 1.29 is 19.4 Å². The van der Waals surface area contributed by atoms with E-state index in [0.29, 0.717) is 55.3 Å². The highest BCUT2D eigenvalue weighted by Crippen LogP contribution is 2.34. The van der Waals surface area contributed by atoms with Crippen molar-refractivity contribution in [3.63, 3.8) is 0 Å². The highest BCUT2D eigenvalue weighted by molar-refractivity contribution is 5.90. The average molecular weight is 563 g/mol. The van der Waals surface area contributed by atoms with Crippen molar-refractivity contribution in [1.29, 1.82) is 0 Å². The zero-order valence-electron chi connectivity index (χ0n) is 24.1. The zero-order valence-corrected chi connectivity index (χ0v) is 24.1. The maximum absolute atomic E-state index is 12.2. The molecule has 41 heavy (non-hydrogen) atoms. The fourth-order valence-corrected chi connectivity index (χ4v) is 5.12. The van der Waals surface area contributed by atoms with Gasteiger partial charge in [-0.3, -0.25) is 4.68 Å². The van der Waals surface area contributed by atoms with E-state index < -0.39 is 17.7 Å². The Morgan fingerprint density at radius 3 is 2.46 bits per heavy atom. The van der Waals surface area contributed by atoms with Gasteiger partial charge in [0.15, 0.2) is 0 Å². The third-order valence-corrected chi connectivity index (χ3v) is 7.19. The van der Waals surface area contributed by atoms with Crippen molar-refractivity contribution in [2.45, 2.75) is 52.2 Å². The monoisotopic (exact) mass is 562 g/mol. The van der Waals surface area contributed by atoms with Crippen LogP contribution in [0.4, 0.5) is 22.1 Å². The Morgan fingerprint density at radius 2 is 1.78 bits per heavy atom. The highest BCUT2D eigenvalue weighted by atomic mass is 16.6. The van der Waals surface area contributed by atoms with E-state index >= 15 is 0 Å². The van der Waals surface area contributed by atoms with Crippen LogP contribution in [-0.2, 0) is 24.1 Å². The number of amides is 1. The zero-order chi connectivity index (χ0) is 29.1. The summed E-state index contributed by atoms with van der Waals surface area (Å²) in [6, 6.07) is 8.24. The Balaban J connectivity index is 1.29. The van der Waals surface area contributed by atoms with Crippen molar-refractivity contribution in [2.75, 3.05) is 50.0 Å². The van der Waals surface area contributed by atoms with Crippen LogP contribution in [0, 0.1) is 0 Å². The topological polar surface area (TPSA) is 138 Å². The predicted molar refractivity (Wildman–Crippen MR) is 156 cm³/mol. The fourth-order valence-electron chi connectivity index (χ4n) is 5.12. The summed E-state index contributed by atoms with van der Waals surface area (Å²) in [6.45, 7) is 10.2. The lowest BCUT2D eigenvalue weighted by Crippen LogP contribution is -2.44. The summed E-state index contributed by atoms with van der Waals surface area (Å²) in [4.78, 5) is 38.1. The Kier molecular flexibility index (Phi) is 8.11. The third kappa shape index (κ3) is 6.76. The summed E-state index contributed by atoms with van der Waals surface area (Å²) >= 11 is 0. The number of carbonyl (C=O) groups is 2. The number of ether oxygens (including phenoxy) is 1. The summed E-state index contributed by atoms with van der Waals surface area (Å²) < 4.78 is 6.76. The molecule has 3 N–H and O–H groups in total. The van der Waals surface area contributed by atoms with E-state index in [-0.39, 0.29) is 5.69 Å². The molecule has 1 amide bonds. The van der Waals surface area contributed by atoms with Crippen molar-refractivity contribution in [1.82, 2.24) is 30.0 Å².